The van der Waals surface area contributed by atoms with Gasteiger partial charge in [0.15, 0.2) is 5.82 Å². The van der Waals surface area contributed by atoms with Crippen molar-refractivity contribution in [1.29, 1.82) is 0 Å². The highest BCUT2D eigenvalue weighted by atomic mass is 16.5. The molecule has 2 aliphatic heterocycles. The minimum absolute atomic E-state index is 0.0882. The average Bonchev–Trinajstić information content (AvgIpc) is 3.27. The fourth-order valence-corrected chi connectivity index (χ4v) is 4.14. The molecule has 0 spiro atoms. The highest BCUT2D eigenvalue weighted by Gasteiger charge is 2.34. The Labute approximate surface area is 161 Å². The Morgan fingerprint density at radius 2 is 1.89 bits per heavy atom. The van der Waals surface area contributed by atoms with Crippen LogP contribution in [0, 0.1) is 6.92 Å². The molecule has 144 valence electrons. The largest absolute Gasteiger partial charge is 0.507 e. The molecule has 2 atom stereocenters. The van der Waals surface area contributed by atoms with Crippen molar-refractivity contribution in [3.05, 3.63) is 36.2 Å². The second-order valence-corrected chi connectivity index (χ2v) is 7.45. The van der Waals surface area contributed by atoms with Crippen LogP contribution in [0.3, 0.4) is 0 Å². The summed E-state index contributed by atoms with van der Waals surface area (Å²) in [6, 6.07) is 9.97. The molecule has 2 fully saturated rings. The predicted octanol–water partition coefficient (Wildman–Crippen LogP) is 1.80. The molecule has 3 aromatic rings. The molecule has 0 aliphatic carbocycles. The number of fused-ring (bicyclic) bond motifs is 2. The lowest BCUT2D eigenvalue weighted by Crippen LogP contribution is -2.42. The Morgan fingerprint density at radius 1 is 1.07 bits per heavy atom. The van der Waals surface area contributed by atoms with E-state index in [4.69, 9.17) is 4.74 Å². The second-order valence-electron chi connectivity index (χ2n) is 7.45. The molecule has 0 radical (unpaired) electrons. The first-order chi connectivity index (χ1) is 13.7. The Balaban J connectivity index is 1.32. The first-order valence-corrected chi connectivity index (χ1v) is 9.51. The number of nitrogens with zero attached hydrogens (tertiary/aromatic N) is 6. The van der Waals surface area contributed by atoms with Crippen molar-refractivity contribution < 1.29 is 9.84 Å². The molecule has 2 aromatic heterocycles. The van der Waals surface area contributed by atoms with E-state index in [1.807, 2.05) is 18.2 Å². The van der Waals surface area contributed by atoms with Gasteiger partial charge in [-0.2, -0.15) is 4.68 Å². The summed E-state index contributed by atoms with van der Waals surface area (Å²) in [5.41, 5.74) is 1.85. The number of nitrogens with one attached hydrogen (secondary N) is 1. The van der Waals surface area contributed by atoms with E-state index in [1.54, 1.807) is 23.7 Å². The Bertz CT molecular complexity index is 976. The van der Waals surface area contributed by atoms with Gasteiger partial charge in [-0.1, -0.05) is 0 Å². The molecule has 28 heavy (non-hydrogen) atoms. The molecule has 2 aliphatic rings. The van der Waals surface area contributed by atoms with Crippen LogP contribution in [0.2, 0.25) is 0 Å². The number of ether oxygens (including phenoxy) is 1. The summed E-state index contributed by atoms with van der Waals surface area (Å²) in [6.45, 7) is 1.79. The van der Waals surface area contributed by atoms with Gasteiger partial charge in [-0.25, -0.2) is 0 Å². The monoisotopic (exact) mass is 379 g/mol. The maximum atomic E-state index is 10.4. The summed E-state index contributed by atoms with van der Waals surface area (Å²) >= 11 is 0. The first kappa shape index (κ1) is 17.1. The third kappa shape index (κ3) is 3.18. The van der Waals surface area contributed by atoms with E-state index in [9.17, 15) is 5.11 Å². The van der Waals surface area contributed by atoms with Crippen molar-refractivity contribution in [2.45, 2.75) is 50.8 Å². The number of hydrogen-bond acceptors (Lipinski definition) is 8. The zero-order chi connectivity index (χ0) is 19.1. The molecule has 2 bridgehead atoms. The van der Waals surface area contributed by atoms with Crippen LogP contribution in [0.5, 0.6) is 11.6 Å². The van der Waals surface area contributed by atoms with E-state index in [0.717, 1.165) is 12.8 Å². The summed E-state index contributed by atoms with van der Waals surface area (Å²) in [7, 11) is 0. The molecular weight excluding hydrogens is 358 g/mol. The van der Waals surface area contributed by atoms with E-state index in [0.29, 0.717) is 40.7 Å². The van der Waals surface area contributed by atoms with Gasteiger partial charge in [0.1, 0.15) is 11.9 Å². The van der Waals surface area contributed by atoms with Gasteiger partial charge in [0.2, 0.25) is 5.88 Å². The zero-order valence-electron chi connectivity index (χ0n) is 15.5. The highest BCUT2D eigenvalue weighted by molar-refractivity contribution is 5.68. The SMILES string of the molecule is Cc1nnnn1-c1ccc(-c2ccc(OC3CC4CCC(C3)N4)nn2)c(O)c1. The van der Waals surface area contributed by atoms with Crippen molar-refractivity contribution in [1.82, 2.24) is 35.7 Å². The molecule has 5 rings (SSSR count). The fourth-order valence-electron chi connectivity index (χ4n) is 4.14. The van der Waals surface area contributed by atoms with Crippen LogP contribution in [0.1, 0.15) is 31.5 Å². The molecule has 2 N–H and O–H groups in total. The number of benzene rings is 1. The van der Waals surface area contributed by atoms with Crippen LogP contribution in [-0.2, 0) is 0 Å². The zero-order valence-corrected chi connectivity index (χ0v) is 15.5. The summed E-state index contributed by atoms with van der Waals surface area (Å²) in [4.78, 5) is 0. The number of hydrogen-bond donors (Lipinski definition) is 2. The smallest absolute Gasteiger partial charge is 0.233 e. The Morgan fingerprint density at radius 3 is 2.54 bits per heavy atom. The van der Waals surface area contributed by atoms with Gasteiger partial charge in [0.05, 0.1) is 11.4 Å². The topological polar surface area (TPSA) is 111 Å². The van der Waals surface area contributed by atoms with E-state index >= 15 is 0 Å². The number of aryl methyl sites for hydroxylation is 1. The number of piperidine rings is 1. The van der Waals surface area contributed by atoms with Crippen LogP contribution in [0.15, 0.2) is 30.3 Å². The highest BCUT2D eigenvalue weighted by Crippen LogP contribution is 2.31. The van der Waals surface area contributed by atoms with Gasteiger partial charge in [-0.05, 0) is 61.2 Å². The molecule has 9 nitrogen and oxygen atoms in total. The van der Waals surface area contributed by atoms with Crippen molar-refractivity contribution in [3.63, 3.8) is 0 Å². The van der Waals surface area contributed by atoms with Crippen molar-refractivity contribution in [2.75, 3.05) is 0 Å². The molecule has 1 aromatic carbocycles. The van der Waals surface area contributed by atoms with Crippen LogP contribution >= 0.6 is 0 Å². The summed E-state index contributed by atoms with van der Waals surface area (Å²) in [5.74, 6) is 1.25. The third-order valence-electron chi connectivity index (χ3n) is 5.48. The van der Waals surface area contributed by atoms with Gasteiger partial charge in [-0.3, -0.25) is 0 Å². The van der Waals surface area contributed by atoms with Gasteiger partial charge < -0.3 is 15.2 Å². The maximum absolute atomic E-state index is 10.4. The number of aromatic nitrogens is 6. The van der Waals surface area contributed by atoms with Crippen molar-refractivity contribution >= 4 is 0 Å². The lowest BCUT2D eigenvalue weighted by atomic mass is 10.0. The number of phenolic OH excluding ortho intramolecular Hbond substituents is 1. The predicted molar refractivity (Wildman–Crippen MR) is 100 cm³/mol. The lowest BCUT2D eigenvalue weighted by Gasteiger charge is -2.28. The summed E-state index contributed by atoms with van der Waals surface area (Å²) in [6.07, 6.45) is 4.67. The number of rotatable bonds is 4. The van der Waals surface area contributed by atoms with Crippen LogP contribution in [0.25, 0.3) is 16.9 Å². The molecule has 2 saturated heterocycles. The first-order valence-electron chi connectivity index (χ1n) is 9.51. The van der Waals surface area contributed by atoms with Gasteiger partial charge in [0.25, 0.3) is 0 Å². The van der Waals surface area contributed by atoms with Crippen molar-refractivity contribution in [2.24, 2.45) is 0 Å². The van der Waals surface area contributed by atoms with Gasteiger partial charge in [-0.15, -0.1) is 15.3 Å². The van der Waals surface area contributed by atoms with Crippen molar-refractivity contribution in [3.8, 4) is 28.6 Å². The molecule has 4 heterocycles. The number of aromatic hydroxyl groups is 1. The molecule has 0 amide bonds. The summed E-state index contributed by atoms with van der Waals surface area (Å²) in [5, 5.41) is 33.9. The molecule has 0 saturated carbocycles. The lowest BCUT2D eigenvalue weighted by molar-refractivity contribution is 0.130. The third-order valence-corrected chi connectivity index (χ3v) is 5.48. The van der Waals surface area contributed by atoms with E-state index in [1.165, 1.54) is 12.8 Å². The Kier molecular flexibility index (Phi) is 4.16. The summed E-state index contributed by atoms with van der Waals surface area (Å²) < 4.78 is 7.59. The van der Waals surface area contributed by atoms with E-state index in [-0.39, 0.29) is 11.9 Å². The molecular formula is C19H21N7O2. The standard InChI is InChI=1S/C19H21N7O2/c1-11-21-24-25-26(11)14-4-5-16(18(27)10-14)17-6-7-19(23-22-17)28-15-8-12-2-3-13(9-15)20-12/h4-7,10,12-13,15,20,27H,2-3,8-9H2,1H3. The normalized spacial score (nSPS) is 23.7. The second kappa shape index (κ2) is 6.83. The Hall–Kier alpha value is -3.07. The van der Waals surface area contributed by atoms with Crippen LogP contribution in [0.4, 0.5) is 0 Å². The van der Waals surface area contributed by atoms with Crippen LogP contribution < -0.4 is 10.1 Å². The molecule has 2 unspecified atom stereocenters. The van der Waals surface area contributed by atoms with Crippen LogP contribution in [-0.4, -0.2) is 53.7 Å². The maximum Gasteiger partial charge on any atom is 0.233 e. The quantitative estimate of drug-likeness (QED) is 0.706. The van der Waals surface area contributed by atoms with E-state index in [2.05, 4.69) is 31.0 Å². The number of tetrazole rings is 1. The fraction of sp³-hybridized carbons (Fsp3) is 0.421. The minimum atomic E-state index is 0.0882. The average molecular weight is 379 g/mol. The van der Waals surface area contributed by atoms with Gasteiger partial charge >= 0.3 is 0 Å². The number of phenols is 1. The molecule has 9 heteroatoms. The van der Waals surface area contributed by atoms with E-state index < -0.39 is 0 Å². The van der Waals surface area contributed by atoms with Gasteiger partial charge in [0, 0.05) is 29.8 Å². The minimum Gasteiger partial charge on any atom is -0.507 e.